The maximum Gasteiger partial charge on any atom is 0.220 e. The second kappa shape index (κ2) is 54.3. The molecule has 3 saturated heterocycles. The van der Waals surface area contributed by atoms with Crippen LogP contribution in [0.3, 0.4) is 0 Å². The van der Waals surface area contributed by atoms with E-state index >= 15 is 0 Å². The molecule has 534 valence electrons. The van der Waals surface area contributed by atoms with Crippen molar-refractivity contribution < 1.29 is 89.4 Å². The predicted molar refractivity (Wildman–Crippen MR) is 360 cm³/mol. The molecule has 19 nitrogen and oxygen atoms in total. The Morgan fingerprint density at radius 2 is 0.750 bits per heavy atom. The lowest BCUT2D eigenvalue weighted by molar-refractivity contribution is -0.379. The van der Waals surface area contributed by atoms with Crippen LogP contribution in [0.25, 0.3) is 0 Å². The minimum absolute atomic E-state index is 0.245. The number of aliphatic hydroxyl groups is 11. The fourth-order valence-corrected chi connectivity index (χ4v) is 12.0. The second-order valence-corrected chi connectivity index (χ2v) is 25.7. The van der Waals surface area contributed by atoms with E-state index in [0.29, 0.717) is 12.8 Å². The Kier molecular flexibility index (Phi) is 49.2. The Bertz CT molecular complexity index is 1950. The maximum absolute atomic E-state index is 13.4. The molecule has 1 amide bonds. The number of carbonyl (C=O) groups is 1. The summed E-state index contributed by atoms with van der Waals surface area (Å²) < 4.78 is 34.4. The van der Waals surface area contributed by atoms with Gasteiger partial charge in [0.15, 0.2) is 18.9 Å². The van der Waals surface area contributed by atoms with E-state index in [9.17, 15) is 61.0 Å². The molecule has 12 N–H and O–H groups in total. The molecule has 3 aliphatic heterocycles. The van der Waals surface area contributed by atoms with Crippen molar-refractivity contribution in [3.63, 3.8) is 0 Å². The summed E-state index contributed by atoms with van der Waals surface area (Å²) in [5, 5.41) is 121. The molecule has 3 heterocycles. The lowest BCUT2D eigenvalue weighted by atomic mass is 9.96. The van der Waals surface area contributed by atoms with Gasteiger partial charge in [-0.15, -0.1) is 0 Å². The number of allylic oxidation sites excluding steroid dienone is 12. The van der Waals surface area contributed by atoms with E-state index in [4.69, 9.17) is 28.4 Å². The van der Waals surface area contributed by atoms with Crippen LogP contribution < -0.4 is 5.32 Å². The Morgan fingerprint density at radius 3 is 1.17 bits per heavy atom. The van der Waals surface area contributed by atoms with Crippen LogP contribution in [0.2, 0.25) is 0 Å². The molecule has 0 spiro atoms. The summed E-state index contributed by atoms with van der Waals surface area (Å²) in [7, 11) is 0. The maximum atomic E-state index is 13.4. The normalized spacial score (nSPS) is 28.1. The first kappa shape index (κ1) is 83.5. The molecule has 92 heavy (non-hydrogen) atoms. The van der Waals surface area contributed by atoms with Gasteiger partial charge in [0.25, 0.3) is 0 Å². The fraction of sp³-hybridized carbons (Fsp3) is 0.822. The van der Waals surface area contributed by atoms with Crippen LogP contribution in [-0.4, -0.2) is 193 Å². The highest BCUT2D eigenvalue weighted by Gasteiger charge is 2.53. The summed E-state index contributed by atoms with van der Waals surface area (Å²) in [6, 6.07) is -0.890. The lowest BCUT2D eigenvalue weighted by Gasteiger charge is -2.48. The van der Waals surface area contributed by atoms with Crippen LogP contribution in [0.5, 0.6) is 0 Å². The second-order valence-electron chi connectivity index (χ2n) is 25.7. The minimum Gasteiger partial charge on any atom is -0.394 e. The Labute approximate surface area is 553 Å². The van der Waals surface area contributed by atoms with E-state index in [-0.39, 0.29) is 18.9 Å². The summed E-state index contributed by atoms with van der Waals surface area (Å²) in [5.41, 5.74) is 0. The largest absolute Gasteiger partial charge is 0.394 e. The van der Waals surface area contributed by atoms with E-state index in [1.165, 1.54) is 128 Å². The van der Waals surface area contributed by atoms with Gasteiger partial charge in [0.2, 0.25) is 5.91 Å². The van der Waals surface area contributed by atoms with Crippen LogP contribution in [0.4, 0.5) is 0 Å². The minimum atomic E-state index is -1.97. The van der Waals surface area contributed by atoms with Crippen molar-refractivity contribution in [3.05, 3.63) is 72.9 Å². The molecule has 0 aliphatic carbocycles. The summed E-state index contributed by atoms with van der Waals surface area (Å²) in [4.78, 5) is 13.4. The number of unbranched alkanes of at least 4 members (excludes halogenated alkanes) is 27. The first-order valence-electron chi connectivity index (χ1n) is 36.2. The standard InChI is InChI=1S/C73H129NO18/c1-3-5-7-9-11-13-15-17-19-20-21-22-23-24-25-26-27-28-29-30-31-32-33-34-35-36-37-39-41-43-45-47-49-51-61(79)74-56(57(78)50-48-46-44-42-40-38-18-16-14-12-10-8-6-4-2)55-87-71-67(85)64(82)69(59(53-76)89-71)92-73-68(86)65(83)70(60(54-77)90-73)91-72-66(84)63(81)62(80)58(52-75)88-72/h5,7,11,13,17,19,21-22,24-25,27-28,56-60,62-73,75-78,80-86H,3-4,6,8-10,12,14-16,18,20,23,26,29-55H2,1-2H3,(H,74,79)/b7-5-,13-11-,19-17-,22-21-,25-24-,28-27-. The van der Waals surface area contributed by atoms with Crippen LogP contribution in [-0.2, 0) is 33.2 Å². The highest BCUT2D eigenvalue weighted by atomic mass is 16.8. The van der Waals surface area contributed by atoms with Gasteiger partial charge >= 0.3 is 0 Å². The van der Waals surface area contributed by atoms with E-state index in [1.54, 1.807) is 0 Å². The molecule has 0 aromatic carbocycles. The van der Waals surface area contributed by atoms with Gasteiger partial charge in [-0.3, -0.25) is 4.79 Å². The Morgan fingerprint density at radius 1 is 0.402 bits per heavy atom. The van der Waals surface area contributed by atoms with Gasteiger partial charge in [-0.05, 0) is 64.2 Å². The van der Waals surface area contributed by atoms with Crippen molar-refractivity contribution in [1.29, 1.82) is 0 Å². The molecular formula is C73H129NO18. The van der Waals surface area contributed by atoms with Crippen molar-refractivity contribution in [2.75, 3.05) is 26.4 Å². The Balaban J connectivity index is 1.36. The zero-order valence-corrected chi connectivity index (χ0v) is 56.5. The third-order valence-electron chi connectivity index (χ3n) is 17.8. The van der Waals surface area contributed by atoms with Gasteiger partial charge in [-0.25, -0.2) is 0 Å². The van der Waals surface area contributed by atoms with Crippen molar-refractivity contribution in [3.8, 4) is 0 Å². The SMILES string of the molecule is CC/C=C\C/C=C\C/C=C\C/C=C\C/C=C\C/C=C\CCCCCCCCCCCCCCCCC(=O)NC(COC1OC(CO)C(OC2OC(CO)C(OC3OC(CO)C(O)C(O)C3O)C(O)C2O)C(O)C1O)C(O)CCCCCCCCCCCCCCCC. The molecule has 17 atom stereocenters. The smallest absolute Gasteiger partial charge is 0.220 e. The zero-order valence-electron chi connectivity index (χ0n) is 56.5. The molecule has 3 fully saturated rings. The monoisotopic (exact) mass is 1310 g/mol. The number of ether oxygens (including phenoxy) is 6. The van der Waals surface area contributed by atoms with Crippen molar-refractivity contribution in [2.45, 2.75) is 356 Å². The first-order chi connectivity index (χ1) is 44.8. The Hall–Kier alpha value is -2.77. The highest BCUT2D eigenvalue weighted by molar-refractivity contribution is 5.76. The van der Waals surface area contributed by atoms with Crippen molar-refractivity contribution >= 4 is 5.91 Å². The number of nitrogens with one attached hydrogen (secondary N) is 1. The summed E-state index contributed by atoms with van der Waals surface area (Å²) in [6.07, 6.45) is 41.3. The number of rotatable bonds is 55. The number of aliphatic hydroxyl groups excluding tert-OH is 11. The van der Waals surface area contributed by atoms with Gasteiger partial charge in [-0.1, -0.05) is 254 Å². The van der Waals surface area contributed by atoms with Crippen LogP contribution >= 0.6 is 0 Å². The summed E-state index contributed by atoms with van der Waals surface area (Å²) in [6.45, 7) is 1.68. The molecule has 0 aromatic rings. The zero-order chi connectivity index (χ0) is 66.8. The molecule has 0 saturated carbocycles. The van der Waals surface area contributed by atoms with E-state index in [2.05, 4.69) is 92.1 Å². The van der Waals surface area contributed by atoms with Crippen LogP contribution in [0.15, 0.2) is 72.9 Å². The van der Waals surface area contributed by atoms with Gasteiger partial charge in [0, 0.05) is 6.42 Å². The van der Waals surface area contributed by atoms with Gasteiger partial charge in [0.1, 0.15) is 73.2 Å². The molecule has 3 rings (SSSR count). The lowest BCUT2D eigenvalue weighted by Crippen LogP contribution is -2.66. The van der Waals surface area contributed by atoms with Gasteiger partial charge < -0.3 is 89.9 Å². The summed E-state index contributed by atoms with van der Waals surface area (Å²) in [5.74, 6) is -0.245. The number of hydrogen-bond acceptors (Lipinski definition) is 18. The van der Waals surface area contributed by atoms with Crippen LogP contribution in [0, 0.1) is 0 Å². The molecule has 3 aliphatic rings. The topological polar surface area (TPSA) is 307 Å². The van der Waals surface area contributed by atoms with E-state index < -0.39 is 124 Å². The number of hydrogen-bond donors (Lipinski definition) is 12. The fourth-order valence-electron chi connectivity index (χ4n) is 12.0. The average Bonchev–Trinajstić information content (AvgIpc) is 0.840. The third kappa shape index (κ3) is 35.5. The number of amides is 1. The molecule has 0 aromatic heterocycles. The summed E-state index contributed by atoms with van der Waals surface area (Å²) >= 11 is 0. The van der Waals surface area contributed by atoms with Crippen LogP contribution in [0.1, 0.15) is 251 Å². The first-order valence-corrected chi connectivity index (χ1v) is 36.2. The predicted octanol–water partition coefficient (Wildman–Crippen LogP) is 10.1. The third-order valence-corrected chi connectivity index (χ3v) is 17.8. The van der Waals surface area contributed by atoms with E-state index in [1.807, 2.05) is 0 Å². The average molecular weight is 1310 g/mol. The molecule has 0 bridgehead atoms. The molecule has 17 unspecified atom stereocenters. The molecule has 0 radical (unpaired) electrons. The number of carbonyl (C=O) groups excluding carboxylic acids is 1. The van der Waals surface area contributed by atoms with Crippen molar-refractivity contribution in [2.24, 2.45) is 0 Å². The van der Waals surface area contributed by atoms with Crippen molar-refractivity contribution in [1.82, 2.24) is 5.32 Å². The quantitative estimate of drug-likeness (QED) is 0.0199. The molecule has 19 heteroatoms. The van der Waals surface area contributed by atoms with Gasteiger partial charge in [0.05, 0.1) is 38.6 Å². The van der Waals surface area contributed by atoms with E-state index in [0.717, 1.165) is 89.9 Å². The van der Waals surface area contributed by atoms with Gasteiger partial charge in [-0.2, -0.15) is 0 Å². The molecular weight excluding hydrogens is 1180 g/mol. The highest BCUT2D eigenvalue weighted by Crippen LogP contribution is 2.33.